The predicted octanol–water partition coefficient (Wildman–Crippen LogP) is 2.76. The molecule has 0 aromatic heterocycles. The molecule has 0 saturated carbocycles. The van der Waals surface area contributed by atoms with Crippen molar-refractivity contribution >= 4 is 17.5 Å². The van der Waals surface area contributed by atoms with Crippen molar-refractivity contribution < 1.29 is 0 Å². The van der Waals surface area contributed by atoms with E-state index in [2.05, 4.69) is 24.1 Å². The summed E-state index contributed by atoms with van der Waals surface area (Å²) in [4.78, 5) is 5.98. The molecular weight excluding hydrogens is 154 g/mol. The molecule has 0 unspecified atom stereocenters. The second kappa shape index (κ2) is 2.86. The Hall–Kier alpha value is -0.500. The molecule has 0 saturated heterocycles. The Bertz CT molecular complexity index is 261. The first-order valence-corrected chi connectivity index (χ1v) is 4.91. The summed E-state index contributed by atoms with van der Waals surface area (Å²) in [7, 11) is 0. The van der Waals surface area contributed by atoms with Gasteiger partial charge < -0.3 is 0 Å². The van der Waals surface area contributed by atoms with E-state index < -0.39 is 0 Å². The largest absolute Gasteiger partial charge is 0.256 e. The molecule has 0 amide bonds. The van der Waals surface area contributed by atoms with Crippen LogP contribution in [0, 0.1) is 0 Å². The molecular formula is C9H11NS. The van der Waals surface area contributed by atoms with Crippen LogP contribution in [0.2, 0.25) is 0 Å². The molecule has 58 valence electrons. The highest BCUT2D eigenvalue weighted by atomic mass is 32.2. The molecule has 1 aliphatic carbocycles. The summed E-state index contributed by atoms with van der Waals surface area (Å²) in [5, 5.41) is 0. The summed E-state index contributed by atoms with van der Waals surface area (Å²) in [6.45, 7) is 2.10. The van der Waals surface area contributed by atoms with E-state index >= 15 is 0 Å². The van der Waals surface area contributed by atoms with Crippen LogP contribution >= 0.6 is 11.8 Å². The number of rotatable bonds is 0. The Labute approximate surface area is 71.3 Å². The number of hydrogen-bond donors (Lipinski definition) is 0. The molecule has 1 heterocycles. The Kier molecular flexibility index (Phi) is 1.86. The van der Waals surface area contributed by atoms with E-state index in [1.54, 1.807) is 0 Å². The van der Waals surface area contributed by atoms with Crippen molar-refractivity contribution in [3.05, 3.63) is 22.8 Å². The van der Waals surface area contributed by atoms with Gasteiger partial charge in [-0.05, 0) is 25.8 Å². The fourth-order valence-electron chi connectivity index (χ4n) is 1.31. The van der Waals surface area contributed by atoms with Crippen molar-refractivity contribution in [1.29, 1.82) is 0 Å². The average molecular weight is 165 g/mol. The van der Waals surface area contributed by atoms with Gasteiger partial charge in [0.15, 0.2) is 0 Å². The van der Waals surface area contributed by atoms with E-state index in [-0.39, 0.29) is 0 Å². The van der Waals surface area contributed by atoms with Gasteiger partial charge in [0.1, 0.15) is 0 Å². The Morgan fingerprint density at radius 2 is 2.45 bits per heavy atom. The van der Waals surface area contributed by atoms with Crippen molar-refractivity contribution in [2.24, 2.45) is 4.99 Å². The van der Waals surface area contributed by atoms with E-state index in [0.29, 0.717) is 0 Å². The first-order chi connectivity index (χ1) is 5.36. The fraction of sp³-hybridized carbons (Fsp3) is 0.444. The molecule has 0 atom stereocenters. The molecule has 0 radical (unpaired) electrons. The van der Waals surface area contributed by atoms with Gasteiger partial charge >= 0.3 is 0 Å². The summed E-state index contributed by atoms with van der Waals surface area (Å²) in [5.74, 6) is 1.09. The number of hydrogen-bond acceptors (Lipinski definition) is 2. The first-order valence-electron chi connectivity index (χ1n) is 3.93. The molecule has 0 fully saturated rings. The molecule has 2 heteroatoms. The van der Waals surface area contributed by atoms with Crippen LogP contribution < -0.4 is 0 Å². The number of thioether (sulfide) groups is 1. The van der Waals surface area contributed by atoms with Gasteiger partial charge in [-0.1, -0.05) is 6.08 Å². The highest BCUT2D eigenvalue weighted by molar-refractivity contribution is 8.03. The number of aliphatic imine (C=N–C) groups is 1. The van der Waals surface area contributed by atoms with Gasteiger partial charge in [-0.15, -0.1) is 11.8 Å². The van der Waals surface area contributed by atoms with Crippen LogP contribution in [0.1, 0.15) is 19.8 Å². The van der Waals surface area contributed by atoms with Gasteiger partial charge in [0.25, 0.3) is 0 Å². The van der Waals surface area contributed by atoms with Crippen LogP contribution in [-0.4, -0.2) is 11.5 Å². The van der Waals surface area contributed by atoms with E-state index in [1.807, 2.05) is 11.8 Å². The van der Waals surface area contributed by atoms with Crippen molar-refractivity contribution in [2.75, 3.05) is 5.75 Å². The van der Waals surface area contributed by atoms with E-state index in [9.17, 15) is 0 Å². The van der Waals surface area contributed by atoms with Crippen molar-refractivity contribution in [3.8, 4) is 0 Å². The van der Waals surface area contributed by atoms with Crippen LogP contribution in [0.15, 0.2) is 27.7 Å². The predicted molar refractivity (Wildman–Crippen MR) is 51.0 cm³/mol. The van der Waals surface area contributed by atoms with Gasteiger partial charge in [0, 0.05) is 16.4 Å². The molecule has 0 aromatic carbocycles. The molecule has 0 bridgehead atoms. The molecule has 1 nitrogen and oxygen atoms in total. The van der Waals surface area contributed by atoms with Crippen LogP contribution in [0.25, 0.3) is 0 Å². The molecule has 2 rings (SSSR count). The molecule has 2 aliphatic rings. The Morgan fingerprint density at radius 1 is 1.55 bits per heavy atom. The Morgan fingerprint density at radius 3 is 3.36 bits per heavy atom. The Balaban J connectivity index is 2.33. The molecule has 0 spiro atoms. The van der Waals surface area contributed by atoms with Gasteiger partial charge in [-0.25, -0.2) is 0 Å². The lowest BCUT2D eigenvalue weighted by Crippen LogP contribution is -2.04. The lowest BCUT2D eigenvalue weighted by molar-refractivity contribution is 0.990. The zero-order valence-electron chi connectivity index (χ0n) is 6.63. The van der Waals surface area contributed by atoms with Gasteiger partial charge in [-0.2, -0.15) is 0 Å². The fourth-order valence-corrected chi connectivity index (χ4v) is 2.28. The van der Waals surface area contributed by atoms with Crippen LogP contribution in [0.4, 0.5) is 0 Å². The summed E-state index contributed by atoms with van der Waals surface area (Å²) in [6.07, 6.45) is 6.75. The molecule has 11 heavy (non-hydrogen) atoms. The monoisotopic (exact) mass is 165 g/mol. The normalized spacial score (nSPS) is 23.2. The minimum Gasteiger partial charge on any atom is -0.256 e. The average Bonchev–Trinajstić information content (AvgIpc) is 2.04. The van der Waals surface area contributed by atoms with E-state index in [0.717, 1.165) is 5.75 Å². The highest BCUT2D eigenvalue weighted by Gasteiger charge is 2.12. The zero-order chi connectivity index (χ0) is 7.68. The number of allylic oxidation sites excluding steroid dienone is 3. The third-order valence-corrected chi connectivity index (χ3v) is 3.19. The third kappa shape index (κ3) is 1.41. The first kappa shape index (κ1) is 7.17. The van der Waals surface area contributed by atoms with Gasteiger partial charge in [-0.3, -0.25) is 4.99 Å². The lowest BCUT2D eigenvalue weighted by Gasteiger charge is -2.17. The smallest absolute Gasteiger partial charge is 0.0721 e. The van der Waals surface area contributed by atoms with Crippen molar-refractivity contribution in [2.45, 2.75) is 19.8 Å². The zero-order valence-corrected chi connectivity index (χ0v) is 7.45. The summed E-state index contributed by atoms with van der Waals surface area (Å²) < 4.78 is 0. The minimum atomic E-state index is 1.09. The standard InChI is InChI=1S/C9H11NS/c1-7-6-11-9-5-3-2-4-8(9)10-7/h2,4H,3,5-6H2,1H3. The van der Waals surface area contributed by atoms with Gasteiger partial charge in [0.05, 0.1) is 5.70 Å². The molecule has 0 N–H and O–H groups in total. The summed E-state index contributed by atoms with van der Waals surface area (Å²) in [6, 6.07) is 0. The van der Waals surface area contributed by atoms with E-state index in [1.165, 1.54) is 29.2 Å². The molecule has 1 aliphatic heterocycles. The van der Waals surface area contributed by atoms with Crippen molar-refractivity contribution in [1.82, 2.24) is 0 Å². The number of nitrogens with zero attached hydrogens (tertiary/aromatic N) is 1. The third-order valence-electron chi connectivity index (χ3n) is 1.87. The minimum absolute atomic E-state index is 1.09. The quantitative estimate of drug-likeness (QED) is 0.537. The summed E-state index contributed by atoms with van der Waals surface area (Å²) in [5.41, 5.74) is 2.46. The maximum Gasteiger partial charge on any atom is 0.0721 e. The maximum absolute atomic E-state index is 4.49. The van der Waals surface area contributed by atoms with Crippen LogP contribution in [-0.2, 0) is 0 Å². The van der Waals surface area contributed by atoms with Gasteiger partial charge in [0.2, 0.25) is 0 Å². The lowest BCUT2D eigenvalue weighted by atomic mass is 10.1. The maximum atomic E-state index is 4.49. The molecule has 0 aromatic rings. The van der Waals surface area contributed by atoms with Crippen LogP contribution in [0.3, 0.4) is 0 Å². The van der Waals surface area contributed by atoms with E-state index in [4.69, 9.17) is 0 Å². The topological polar surface area (TPSA) is 12.4 Å². The summed E-state index contributed by atoms with van der Waals surface area (Å²) >= 11 is 1.95. The van der Waals surface area contributed by atoms with Crippen molar-refractivity contribution in [3.63, 3.8) is 0 Å². The second-order valence-corrected chi connectivity index (χ2v) is 3.96. The highest BCUT2D eigenvalue weighted by Crippen LogP contribution is 2.32. The second-order valence-electron chi connectivity index (χ2n) is 2.89. The van der Waals surface area contributed by atoms with Crippen LogP contribution in [0.5, 0.6) is 0 Å². The SMILES string of the molecule is CC1=NC2=C(CCC=C2)SC1.